The highest BCUT2D eigenvalue weighted by Crippen LogP contribution is 2.22. The van der Waals surface area contributed by atoms with Crippen LogP contribution in [0.2, 0.25) is 0 Å². The first kappa shape index (κ1) is 15.4. The molecule has 8 heteroatoms. The van der Waals surface area contributed by atoms with Crippen molar-refractivity contribution in [2.24, 2.45) is 0 Å². The van der Waals surface area contributed by atoms with Crippen LogP contribution in [0.25, 0.3) is 0 Å². The molecule has 0 radical (unpaired) electrons. The summed E-state index contributed by atoms with van der Waals surface area (Å²) >= 11 is 0. The molecule has 0 aromatic carbocycles. The normalized spacial score (nSPS) is 24.9. The standard InChI is InChI=1S/C12H22N4O3S/c1-4-13-5-11-6-14-15-12(11)20(17,18)16-7-9(2)19-10(3)8-16/h6,9-10,13H,4-5,7-8H2,1-3H3,(H,14,15). The maximum Gasteiger partial charge on any atom is 0.260 e. The average Bonchev–Trinajstić information content (AvgIpc) is 2.84. The summed E-state index contributed by atoms with van der Waals surface area (Å²) in [4.78, 5) is 0. The number of nitrogens with zero attached hydrogens (tertiary/aromatic N) is 2. The van der Waals surface area contributed by atoms with E-state index in [1.54, 1.807) is 6.20 Å². The lowest BCUT2D eigenvalue weighted by Crippen LogP contribution is -2.48. The Bertz CT molecular complexity index is 533. The number of aromatic nitrogens is 2. The van der Waals surface area contributed by atoms with E-state index in [1.165, 1.54) is 4.31 Å². The van der Waals surface area contributed by atoms with Crippen molar-refractivity contribution in [1.29, 1.82) is 0 Å². The van der Waals surface area contributed by atoms with E-state index in [2.05, 4.69) is 15.5 Å². The number of H-pyrrole nitrogens is 1. The Morgan fingerprint density at radius 1 is 1.45 bits per heavy atom. The van der Waals surface area contributed by atoms with E-state index < -0.39 is 10.0 Å². The van der Waals surface area contributed by atoms with Crippen molar-refractivity contribution in [3.8, 4) is 0 Å². The van der Waals surface area contributed by atoms with Crippen LogP contribution in [-0.4, -0.2) is 54.8 Å². The summed E-state index contributed by atoms with van der Waals surface area (Å²) in [5.41, 5.74) is 0.665. The SMILES string of the molecule is CCNCc1cn[nH]c1S(=O)(=O)N1CC(C)OC(C)C1. The van der Waals surface area contributed by atoms with Gasteiger partial charge < -0.3 is 10.1 Å². The van der Waals surface area contributed by atoms with Gasteiger partial charge in [0.15, 0.2) is 5.03 Å². The second-order valence-corrected chi connectivity index (χ2v) is 6.96. The molecule has 1 aliphatic rings. The van der Waals surface area contributed by atoms with Gasteiger partial charge in [0, 0.05) is 25.2 Å². The van der Waals surface area contributed by atoms with Gasteiger partial charge in [-0.1, -0.05) is 6.92 Å². The van der Waals surface area contributed by atoms with Gasteiger partial charge >= 0.3 is 0 Å². The van der Waals surface area contributed by atoms with Crippen molar-refractivity contribution in [3.63, 3.8) is 0 Å². The fraction of sp³-hybridized carbons (Fsp3) is 0.750. The first-order chi connectivity index (χ1) is 9.45. The number of rotatable bonds is 5. The molecule has 7 nitrogen and oxygen atoms in total. The molecule has 114 valence electrons. The van der Waals surface area contributed by atoms with E-state index in [-0.39, 0.29) is 17.2 Å². The van der Waals surface area contributed by atoms with Crippen molar-refractivity contribution in [1.82, 2.24) is 19.8 Å². The number of aromatic amines is 1. The van der Waals surface area contributed by atoms with Gasteiger partial charge in [-0.3, -0.25) is 5.10 Å². The summed E-state index contributed by atoms with van der Waals surface area (Å²) in [6, 6.07) is 0. The Kier molecular flexibility index (Phi) is 4.79. The summed E-state index contributed by atoms with van der Waals surface area (Å²) in [5.74, 6) is 0. The van der Waals surface area contributed by atoms with Gasteiger partial charge in [0.05, 0.1) is 18.4 Å². The van der Waals surface area contributed by atoms with E-state index in [0.717, 1.165) is 6.54 Å². The molecule has 2 heterocycles. The molecule has 1 aromatic rings. The molecule has 2 rings (SSSR count). The fourth-order valence-electron chi connectivity index (χ4n) is 2.36. The Morgan fingerprint density at radius 2 is 2.10 bits per heavy atom. The number of sulfonamides is 1. The molecule has 20 heavy (non-hydrogen) atoms. The van der Waals surface area contributed by atoms with E-state index in [9.17, 15) is 8.42 Å². The summed E-state index contributed by atoms with van der Waals surface area (Å²) in [7, 11) is -3.55. The van der Waals surface area contributed by atoms with Crippen LogP contribution in [0.15, 0.2) is 11.2 Å². The summed E-state index contributed by atoms with van der Waals surface area (Å²) in [6.07, 6.45) is 1.35. The lowest BCUT2D eigenvalue weighted by Gasteiger charge is -2.34. The van der Waals surface area contributed by atoms with Crippen molar-refractivity contribution in [3.05, 3.63) is 11.8 Å². The second-order valence-electron chi connectivity index (χ2n) is 5.08. The molecule has 1 saturated heterocycles. The molecule has 0 spiro atoms. The molecule has 0 saturated carbocycles. The quantitative estimate of drug-likeness (QED) is 0.818. The van der Waals surface area contributed by atoms with Crippen LogP contribution in [-0.2, 0) is 21.3 Å². The first-order valence-corrected chi connectivity index (χ1v) is 8.27. The van der Waals surface area contributed by atoms with Crippen LogP contribution >= 0.6 is 0 Å². The number of nitrogens with one attached hydrogen (secondary N) is 2. The number of hydrogen-bond donors (Lipinski definition) is 2. The monoisotopic (exact) mass is 302 g/mol. The highest BCUT2D eigenvalue weighted by Gasteiger charge is 2.34. The second kappa shape index (κ2) is 6.21. The van der Waals surface area contributed by atoms with Crippen molar-refractivity contribution < 1.29 is 13.2 Å². The zero-order valence-electron chi connectivity index (χ0n) is 12.1. The van der Waals surface area contributed by atoms with Gasteiger partial charge in [-0.25, -0.2) is 8.42 Å². The van der Waals surface area contributed by atoms with E-state index in [0.29, 0.717) is 25.2 Å². The van der Waals surface area contributed by atoms with E-state index in [4.69, 9.17) is 4.74 Å². The Hall–Kier alpha value is -0.960. The van der Waals surface area contributed by atoms with Crippen LogP contribution < -0.4 is 5.32 Å². The minimum Gasteiger partial charge on any atom is -0.373 e. The van der Waals surface area contributed by atoms with E-state index >= 15 is 0 Å². The van der Waals surface area contributed by atoms with Gasteiger partial charge in [-0.2, -0.15) is 9.40 Å². The molecule has 2 atom stereocenters. The third-order valence-corrected chi connectivity index (χ3v) is 5.07. The number of hydrogen-bond acceptors (Lipinski definition) is 5. The van der Waals surface area contributed by atoms with Gasteiger partial charge in [0.1, 0.15) is 0 Å². The Labute approximate surface area is 119 Å². The van der Waals surface area contributed by atoms with Crippen LogP contribution in [0, 0.1) is 0 Å². The molecule has 0 bridgehead atoms. The molecule has 2 unspecified atom stereocenters. The first-order valence-electron chi connectivity index (χ1n) is 6.83. The maximum absolute atomic E-state index is 12.7. The predicted octanol–water partition coefficient (Wildman–Crippen LogP) is 0.317. The molecule has 1 fully saturated rings. The van der Waals surface area contributed by atoms with Gasteiger partial charge in [0.25, 0.3) is 10.0 Å². The molecule has 1 aliphatic heterocycles. The largest absolute Gasteiger partial charge is 0.373 e. The highest BCUT2D eigenvalue weighted by atomic mass is 32.2. The van der Waals surface area contributed by atoms with Gasteiger partial charge in [-0.15, -0.1) is 0 Å². The molecule has 2 N–H and O–H groups in total. The predicted molar refractivity (Wildman–Crippen MR) is 74.7 cm³/mol. The fourth-order valence-corrected chi connectivity index (χ4v) is 4.06. The lowest BCUT2D eigenvalue weighted by molar-refractivity contribution is -0.0441. The van der Waals surface area contributed by atoms with Crippen LogP contribution in [0.1, 0.15) is 26.3 Å². The molecular formula is C12H22N4O3S. The number of ether oxygens (including phenoxy) is 1. The van der Waals surface area contributed by atoms with Crippen LogP contribution in [0.5, 0.6) is 0 Å². The van der Waals surface area contributed by atoms with Crippen molar-refractivity contribution >= 4 is 10.0 Å². The zero-order chi connectivity index (χ0) is 14.8. The van der Waals surface area contributed by atoms with Gasteiger partial charge in [-0.05, 0) is 20.4 Å². The van der Waals surface area contributed by atoms with Gasteiger partial charge in [0.2, 0.25) is 0 Å². The zero-order valence-corrected chi connectivity index (χ0v) is 12.9. The Balaban J connectivity index is 2.23. The maximum atomic E-state index is 12.7. The smallest absolute Gasteiger partial charge is 0.260 e. The lowest BCUT2D eigenvalue weighted by atomic mass is 10.3. The Morgan fingerprint density at radius 3 is 2.70 bits per heavy atom. The number of morpholine rings is 1. The minimum atomic E-state index is -3.55. The van der Waals surface area contributed by atoms with Crippen molar-refractivity contribution in [2.45, 2.75) is 44.5 Å². The molecular weight excluding hydrogens is 280 g/mol. The van der Waals surface area contributed by atoms with Crippen molar-refractivity contribution in [2.75, 3.05) is 19.6 Å². The third kappa shape index (κ3) is 3.20. The molecule has 0 aliphatic carbocycles. The average molecular weight is 302 g/mol. The molecule has 0 amide bonds. The van der Waals surface area contributed by atoms with E-state index in [1.807, 2.05) is 20.8 Å². The summed E-state index contributed by atoms with van der Waals surface area (Å²) in [6.45, 7) is 7.72. The van der Waals surface area contributed by atoms with Crippen LogP contribution in [0.3, 0.4) is 0 Å². The van der Waals surface area contributed by atoms with Crippen LogP contribution in [0.4, 0.5) is 0 Å². The highest BCUT2D eigenvalue weighted by molar-refractivity contribution is 7.89. The molecule has 1 aromatic heterocycles. The summed E-state index contributed by atoms with van der Waals surface area (Å²) in [5, 5.41) is 9.79. The topological polar surface area (TPSA) is 87.3 Å². The minimum absolute atomic E-state index is 0.103. The third-order valence-electron chi connectivity index (χ3n) is 3.23. The summed E-state index contributed by atoms with van der Waals surface area (Å²) < 4.78 is 32.4.